The van der Waals surface area contributed by atoms with E-state index in [1.54, 1.807) is 24.0 Å². The van der Waals surface area contributed by atoms with Gasteiger partial charge in [-0.3, -0.25) is 4.57 Å². The molecule has 4 heteroatoms. The molecule has 0 radical (unpaired) electrons. The Balaban J connectivity index is 2.84. The van der Waals surface area contributed by atoms with Gasteiger partial charge in [-0.25, -0.2) is 4.79 Å². The van der Waals surface area contributed by atoms with Gasteiger partial charge in [0, 0.05) is 26.0 Å². The summed E-state index contributed by atoms with van der Waals surface area (Å²) in [7, 11) is 1.70. The van der Waals surface area contributed by atoms with E-state index in [-0.39, 0.29) is 17.5 Å². The van der Waals surface area contributed by atoms with Crippen LogP contribution in [0.4, 0.5) is 0 Å². The van der Waals surface area contributed by atoms with Gasteiger partial charge >= 0.3 is 5.69 Å². The fraction of sp³-hybridized carbons (Fsp3) is 0.600. The van der Waals surface area contributed by atoms with Crippen molar-refractivity contribution in [1.82, 2.24) is 9.13 Å². The standard InChI is InChI=1S/C10H15N3O/c1-8(2)9(6-11)7-13-5-4-12(3)10(13)14/h4-5,8-9H,7H2,1-3H3. The minimum atomic E-state index is -0.102. The summed E-state index contributed by atoms with van der Waals surface area (Å²) in [6, 6.07) is 2.22. The number of hydrogen-bond acceptors (Lipinski definition) is 2. The van der Waals surface area contributed by atoms with E-state index in [0.29, 0.717) is 6.54 Å². The average Bonchev–Trinajstić information content (AvgIpc) is 2.44. The number of nitrogens with zero attached hydrogens (tertiary/aromatic N) is 3. The number of imidazole rings is 1. The molecule has 0 aliphatic carbocycles. The Morgan fingerprint density at radius 1 is 1.50 bits per heavy atom. The Kier molecular flexibility index (Phi) is 3.13. The zero-order chi connectivity index (χ0) is 10.7. The Hall–Kier alpha value is -1.50. The van der Waals surface area contributed by atoms with Crippen molar-refractivity contribution in [1.29, 1.82) is 5.26 Å². The topological polar surface area (TPSA) is 50.7 Å². The van der Waals surface area contributed by atoms with Crippen molar-refractivity contribution in [2.75, 3.05) is 0 Å². The molecule has 0 aromatic carbocycles. The first kappa shape index (κ1) is 10.6. The second kappa shape index (κ2) is 4.14. The van der Waals surface area contributed by atoms with Gasteiger partial charge in [0.05, 0.1) is 12.0 Å². The van der Waals surface area contributed by atoms with E-state index in [1.165, 1.54) is 4.57 Å². The third-order valence-electron chi connectivity index (χ3n) is 2.38. The SMILES string of the molecule is CC(C)C(C#N)Cn1ccn(C)c1=O. The zero-order valence-corrected chi connectivity index (χ0v) is 8.77. The summed E-state index contributed by atoms with van der Waals surface area (Å²) in [5, 5.41) is 8.88. The highest BCUT2D eigenvalue weighted by atomic mass is 16.1. The van der Waals surface area contributed by atoms with Crippen LogP contribution in [0.3, 0.4) is 0 Å². The predicted molar refractivity (Wildman–Crippen MR) is 53.6 cm³/mol. The number of nitriles is 1. The molecule has 1 unspecified atom stereocenters. The van der Waals surface area contributed by atoms with Crippen molar-refractivity contribution in [3.63, 3.8) is 0 Å². The third-order valence-corrected chi connectivity index (χ3v) is 2.38. The van der Waals surface area contributed by atoms with Crippen LogP contribution in [0.1, 0.15) is 13.8 Å². The molecule has 0 N–H and O–H groups in total. The lowest BCUT2D eigenvalue weighted by molar-refractivity contribution is 0.408. The molecule has 0 bridgehead atoms. The van der Waals surface area contributed by atoms with Crippen LogP contribution >= 0.6 is 0 Å². The molecule has 1 heterocycles. The Labute approximate surface area is 83.4 Å². The molecule has 0 fully saturated rings. The lowest BCUT2D eigenvalue weighted by Gasteiger charge is -2.12. The van der Waals surface area contributed by atoms with Crippen molar-refractivity contribution in [3.05, 3.63) is 22.9 Å². The Morgan fingerprint density at radius 2 is 2.14 bits per heavy atom. The van der Waals surface area contributed by atoms with Gasteiger partial charge in [0.1, 0.15) is 0 Å². The van der Waals surface area contributed by atoms with Crippen molar-refractivity contribution in [2.24, 2.45) is 18.9 Å². The Bertz CT molecular complexity index is 394. The van der Waals surface area contributed by atoms with Crippen LogP contribution in [-0.2, 0) is 13.6 Å². The number of hydrogen-bond donors (Lipinski definition) is 0. The lowest BCUT2D eigenvalue weighted by Crippen LogP contribution is -2.26. The van der Waals surface area contributed by atoms with Crippen LogP contribution < -0.4 is 5.69 Å². The average molecular weight is 193 g/mol. The Morgan fingerprint density at radius 3 is 2.50 bits per heavy atom. The van der Waals surface area contributed by atoms with Gasteiger partial charge in [-0.2, -0.15) is 5.26 Å². The molecular formula is C10H15N3O. The molecule has 0 amide bonds. The van der Waals surface area contributed by atoms with Crippen LogP contribution in [0, 0.1) is 23.2 Å². The smallest absolute Gasteiger partial charge is 0.302 e. The fourth-order valence-electron chi connectivity index (χ4n) is 1.26. The number of rotatable bonds is 3. The van der Waals surface area contributed by atoms with Gasteiger partial charge in [-0.1, -0.05) is 13.8 Å². The maximum absolute atomic E-state index is 11.5. The highest BCUT2D eigenvalue weighted by Gasteiger charge is 2.14. The highest BCUT2D eigenvalue weighted by molar-refractivity contribution is 4.88. The molecule has 1 aromatic heterocycles. The van der Waals surface area contributed by atoms with Gasteiger partial charge in [-0.05, 0) is 5.92 Å². The predicted octanol–water partition coefficient (Wildman–Crippen LogP) is 0.983. The van der Waals surface area contributed by atoms with E-state index < -0.39 is 0 Å². The summed E-state index contributed by atoms with van der Waals surface area (Å²) >= 11 is 0. The zero-order valence-electron chi connectivity index (χ0n) is 8.77. The summed E-state index contributed by atoms with van der Waals surface area (Å²) in [5.41, 5.74) is -0.0640. The van der Waals surface area contributed by atoms with Gasteiger partial charge in [0.15, 0.2) is 0 Å². The lowest BCUT2D eigenvalue weighted by atomic mass is 9.98. The van der Waals surface area contributed by atoms with Crippen molar-refractivity contribution in [2.45, 2.75) is 20.4 Å². The van der Waals surface area contributed by atoms with Crippen molar-refractivity contribution >= 4 is 0 Å². The molecule has 1 aromatic rings. The monoisotopic (exact) mass is 193 g/mol. The molecule has 14 heavy (non-hydrogen) atoms. The van der Waals surface area contributed by atoms with Crippen molar-refractivity contribution in [3.8, 4) is 6.07 Å². The first-order valence-corrected chi connectivity index (χ1v) is 4.67. The quantitative estimate of drug-likeness (QED) is 0.718. The molecule has 0 saturated carbocycles. The van der Waals surface area contributed by atoms with E-state index in [1.807, 2.05) is 13.8 Å². The van der Waals surface area contributed by atoms with Crippen LogP contribution in [0.5, 0.6) is 0 Å². The third kappa shape index (κ3) is 2.05. The molecule has 0 aliphatic rings. The minimum absolute atomic E-state index is 0.0640. The van der Waals surface area contributed by atoms with E-state index in [4.69, 9.17) is 5.26 Å². The summed E-state index contributed by atoms with van der Waals surface area (Å²) in [4.78, 5) is 11.5. The maximum Gasteiger partial charge on any atom is 0.327 e. The van der Waals surface area contributed by atoms with Crippen LogP contribution in [-0.4, -0.2) is 9.13 Å². The van der Waals surface area contributed by atoms with Gasteiger partial charge in [0.2, 0.25) is 0 Å². The molecule has 0 saturated heterocycles. The summed E-state index contributed by atoms with van der Waals surface area (Å²) < 4.78 is 3.09. The second-order valence-corrected chi connectivity index (χ2v) is 3.82. The van der Waals surface area contributed by atoms with Gasteiger partial charge in [0.25, 0.3) is 0 Å². The molecule has 76 valence electrons. The van der Waals surface area contributed by atoms with E-state index in [9.17, 15) is 4.79 Å². The van der Waals surface area contributed by atoms with Crippen LogP contribution in [0.25, 0.3) is 0 Å². The van der Waals surface area contributed by atoms with Crippen LogP contribution in [0.2, 0.25) is 0 Å². The van der Waals surface area contributed by atoms with Crippen LogP contribution in [0.15, 0.2) is 17.2 Å². The molecular weight excluding hydrogens is 178 g/mol. The molecule has 1 rings (SSSR count). The summed E-state index contributed by atoms with van der Waals surface area (Å²) in [5.74, 6) is 0.169. The highest BCUT2D eigenvalue weighted by Crippen LogP contribution is 2.10. The first-order valence-electron chi connectivity index (χ1n) is 4.67. The molecule has 0 aliphatic heterocycles. The van der Waals surface area contributed by atoms with E-state index >= 15 is 0 Å². The van der Waals surface area contributed by atoms with Crippen molar-refractivity contribution < 1.29 is 0 Å². The first-order chi connectivity index (χ1) is 6.56. The summed E-state index contributed by atoms with van der Waals surface area (Å²) in [6.45, 7) is 4.46. The number of aromatic nitrogens is 2. The molecule has 0 spiro atoms. The van der Waals surface area contributed by atoms with E-state index in [2.05, 4.69) is 6.07 Å². The molecule has 1 atom stereocenters. The van der Waals surface area contributed by atoms with Gasteiger partial charge in [-0.15, -0.1) is 0 Å². The summed E-state index contributed by atoms with van der Waals surface area (Å²) in [6.07, 6.45) is 3.42. The fourth-order valence-corrected chi connectivity index (χ4v) is 1.26. The van der Waals surface area contributed by atoms with Gasteiger partial charge < -0.3 is 4.57 Å². The molecule has 4 nitrogen and oxygen atoms in total. The van der Waals surface area contributed by atoms with E-state index in [0.717, 1.165) is 0 Å². The number of aryl methyl sites for hydroxylation is 1. The minimum Gasteiger partial charge on any atom is -0.302 e. The maximum atomic E-state index is 11.5. The largest absolute Gasteiger partial charge is 0.327 e. The second-order valence-electron chi connectivity index (χ2n) is 3.82. The normalized spacial score (nSPS) is 12.8.